The Balaban J connectivity index is 1.99. The normalized spacial score (nSPS) is 18.0. The molecule has 0 saturated heterocycles. The molecule has 1 aromatic rings. The SMILES string of the molecule is CCNCCCOC(O)C1C=CC(Sc2ccc(C)c(C)c2C)=C(C=[OH+])C1. The van der Waals surface area contributed by atoms with Gasteiger partial charge in [-0.15, -0.1) is 0 Å². The van der Waals surface area contributed by atoms with E-state index >= 15 is 0 Å². The minimum absolute atomic E-state index is 0.146. The van der Waals surface area contributed by atoms with Gasteiger partial charge in [0.2, 0.25) is 0 Å². The Labute approximate surface area is 167 Å². The quantitative estimate of drug-likeness (QED) is 0.274. The van der Waals surface area contributed by atoms with Crippen molar-refractivity contribution in [3.05, 3.63) is 51.5 Å². The molecule has 5 heteroatoms. The van der Waals surface area contributed by atoms with Crippen molar-refractivity contribution < 1.29 is 14.6 Å². The first kappa shape index (κ1) is 21.9. The Hall–Kier alpha value is -1.40. The number of thioether (sulfide) groups is 1. The van der Waals surface area contributed by atoms with Gasteiger partial charge in [-0.1, -0.05) is 36.9 Å². The van der Waals surface area contributed by atoms with Crippen LogP contribution in [-0.2, 0) is 4.74 Å². The van der Waals surface area contributed by atoms with Gasteiger partial charge >= 0.3 is 6.29 Å². The summed E-state index contributed by atoms with van der Waals surface area (Å²) >= 11 is 1.66. The third kappa shape index (κ3) is 6.04. The summed E-state index contributed by atoms with van der Waals surface area (Å²) in [6, 6.07) is 4.26. The number of aldehydes is 1. The van der Waals surface area contributed by atoms with Gasteiger partial charge in [-0.2, -0.15) is 0 Å². The number of benzene rings is 1. The molecule has 0 fully saturated rings. The lowest BCUT2D eigenvalue weighted by atomic mass is 9.94. The van der Waals surface area contributed by atoms with E-state index in [-0.39, 0.29) is 5.92 Å². The smallest absolute Gasteiger partial charge is 0.309 e. The zero-order valence-corrected chi connectivity index (χ0v) is 17.6. The molecule has 27 heavy (non-hydrogen) atoms. The number of ether oxygens (including phenoxy) is 1. The van der Waals surface area contributed by atoms with Gasteiger partial charge in [-0.25, -0.2) is 0 Å². The average Bonchev–Trinajstić information content (AvgIpc) is 2.68. The van der Waals surface area contributed by atoms with Crippen LogP contribution in [0.4, 0.5) is 0 Å². The summed E-state index contributed by atoms with van der Waals surface area (Å²) in [6.07, 6.45) is 5.71. The monoisotopic (exact) mass is 390 g/mol. The molecule has 0 aromatic heterocycles. The van der Waals surface area contributed by atoms with Crippen molar-refractivity contribution in [3.63, 3.8) is 0 Å². The topological polar surface area (TPSA) is 62.9 Å². The van der Waals surface area contributed by atoms with E-state index in [0.717, 1.165) is 36.3 Å². The van der Waals surface area contributed by atoms with Crippen molar-refractivity contribution in [1.29, 1.82) is 0 Å². The van der Waals surface area contributed by atoms with E-state index in [1.807, 2.05) is 12.2 Å². The maximum Gasteiger partial charge on any atom is 0.309 e. The van der Waals surface area contributed by atoms with Crippen molar-refractivity contribution >= 4 is 18.0 Å². The molecule has 2 unspecified atom stereocenters. The molecule has 3 N–H and O–H groups in total. The number of allylic oxidation sites excluding steroid dienone is 2. The highest BCUT2D eigenvalue weighted by Crippen LogP contribution is 2.38. The number of aliphatic hydroxyl groups is 1. The van der Waals surface area contributed by atoms with Crippen LogP contribution in [0.15, 0.2) is 39.7 Å². The summed E-state index contributed by atoms with van der Waals surface area (Å²) < 4.78 is 5.56. The average molecular weight is 391 g/mol. The third-order valence-corrected chi connectivity index (χ3v) is 6.33. The second kappa shape index (κ2) is 10.8. The number of hydrogen-bond acceptors (Lipinski definition) is 4. The Morgan fingerprint density at radius 1 is 1.33 bits per heavy atom. The zero-order chi connectivity index (χ0) is 19.8. The van der Waals surface area contributed by atoms with Crippen LogP contribution in [0.1, 0.15) is 36.5 Å². The van der Waals surface area contributed by atoms with Crippen LogP contribution in [0.25, 0.3) is 0 Å². The molecule has 1 aliphatic carbocycles. The van der Waals surface area contributed by atoms with Crippen LogP contribution in [0.5, 0.6) is 0 Å². The second-order valence-corrected chi connectivity index (χ2v) is 8.03. The van der Waals surface area contributed by atoms with Crippen molar-refractivity contribution in [2.75, 3.05) is 19.7 Å². The van der Waals surface area contributed by atoms with Crippen molar-refractivity contribution in [3.8, 4) is 0 Å². The van der Waals surface area contributed by atoms with Gasteiger partial charge in [-0.3, -0.25) is 4.79 Å². The molecule has 1 aromatic carbocycles. The molecule has 2 atom stereocenters. The van der Waals surface area contributed by atoms with E-state index in [4.69, 9.17) is 4.74 Å². The lowest BCUT2D eigenvalue weighted by molar-refractivity contribution is -0.123. The molecule has 0 heterocycles. The maximum atomic E-state index is 10.3. The highest BCUT2D eigenvalue weighted by Gasteiger charge is 2.25. The number of rotatable bonds is 10. The van der Waals surface area contributed by atoms with Crippen LogP contribution in [0.3, 0.4) is 0 Å². The molecular weight excluding hydrogens is 358 g/mol. The van der Waals surface area contributed by atoms with E-state index < -0.39 is 6.29 Å². The van der Waals surface area contributed by atoms with Crippen molar-refractivity contribution in [1.82, 2.24) is 5.32 Å². The predicted molar refractivity (Wildman–Crippen MR) is 114 cm³/mol. The molecule has 2 rings (SSSR count). The first-order valence-corrected chi connectivity index (χ1v) is 10.4. The maximum absolute atomic E-state index is 10.3. The Kier molecular flexibility index (Phi) is 8.77. The highest BCUT2D eigenvalue weighted by molar-refractivity contribution is 8.03. The fourth-order valence-corrected chi connectivity index (χ4v) is 4.11. The molecule has 0 amide bonds. The van der Waals surface area contributed by atoms with E-state index in [9.17, 15) is 9.90 Å². The number of carbonyl (C=O) groups excluding carboxylic acids is 1. The van der Waals surface area contributed by atoms with Gasteiger partial charge in [0.25, 0.3) is 0 Å². The van der Waals surface area contributed by atoms with Crippen molar-refractivity contribution in [2.24, 2.45) is 5.92 Å². The summed E-state index contributed by atoms with van der Waals surface area (Å²) in [7, 11) is 0. The Morgan fingerprint density at radius 3 is 2.81 bits per heavy atom. The molecule has 0 spiro atoms. The minimum Gasteiger partial charge on any atom is -0.367 e. The van der Waals surface area contributed by atoms with Gasteiger partial charge in [0, 0.05) is 15.7 Å². The Morgan fingerprint density at radius 2 is 2.11 bits per heavy atom. The number of hydrogen-bond donors (Lipinski definition) is 2. The van der Waals surface area contributed by atoms with Crippen LogP contribution in [-0.4, -0.2) is 42.2 Å². The summed E-state index contributed by atoms with van der Waals surface area (Å²) in [5, 5.41) is 13.5. The third-order valence-electron chi connectivity index (χ3n) is 5.05. The van der Waals surface area contributed by atoms with Gasteiger partial charge in [0.05, 0.1) is 12.2 Å². The van der Waals surface area contributed by atoms with Crippen LogP contribution >= 0.6 is 11.8 Å². The standard InChI is InChI=1S/C22H31NO3S/c1-5-23-11-6-12-26-22(25)18-8-10-21(19(13-18)14-24)27-20-9-7-15(2)16(3)17(20)4/h7-10,14,18,22-23,25H,5-6,11-13H2,1-4H3/p+1. The molecule has 148 valence electrons. The van der Waals surface area contributed by atoms with E-state index in [0.29, 0.717) is 13.0 Å². The first-order valence-electron chi connectivity index (χ1n) is 9.61. The molecule has 4 nitrogen and oxygen atoms in total. The zero-order valence-electron chi connectivity index (χ0n) is 16.8. The summed E-state index contributed by atoms with van der Waals surface area (Å²) in [5.74, 6) is -0.146. The molecule has 0 bridgehead atoms. The fourth-order valence-electron chi connectivity index (χ4n) is 3.01. The molecule has 0 aliphatic heterocycles. The van der Waals surface area contributed by atoms with E-state index in [1.165, 1.54) is 21.6 Å². The lowest BCUT2D eigenvalue weighted by Crippen LogP contribution is -2.26. The number of nitrogens with one attached hydrogen (secondary N) is 1. The van der Waals surface area contributed by atoms with Crippen LogP contribution in [0, 0.1) is 26.7 Å². The van der Waals surface area contributed by atoms with Crippen LogP contribution in [0.2, 0.25) is 0 Å². The van der Waals surface area contributed by atoms with Gasteiger partial charge in [0.15, 0.2) is 6.29 Å². The van der Waals surface area contributed by atoms with E-state index in [2.05, 4.69) is 45.1 Å². The van der Waals surface area contributed by atoms with Crippen molar-refractivity contribution in [2.45, 2.75) is 51.7 Å². The highest BCUT2D eigenvalue weighted by atomic mass is 32.2. The lowest BCUT2D eigenvalue weighted by Gasteiger charge is -2.24. The number of aliphatic hydroxyl groups excluding tert-OH is 1. The van der Waals surface area contributed by atoms with Gasteiger partial charge in [0.1, 0.15) is 0 Å². The minimum atomic E-state index is -0.854. The molecular formula is C22H32NO3S+. The molecule has 0 saturated carbocycles. The number of aryl methyl sites for hydroxylation is 1. The second-order valence-electron chi connectivity index (χ2n) is 6.95. The van der Waals surface area contributed by atoms with Gasteiger partial charge < -0.3 is 15.2 Å². The summed E-state index contributed by atoms with van der Waals surface area (Å²) in [4.78, 5) is 11.9. The molecule has 0 radical (unpaired) electrons. The van der Waals surface area contributed by atoms with E-state index in [1.54, 1.807) is 11.8 Å². The largest absolute Gasteiger partial charge is 0.367 e. The first-order chi connectivity index (χ1) is 13.0. The summed E-state index contributed by atoms with van der Waals surface area (Å²) in [6.45, 7) is 10.8. The summed E-state index contributed by atoms with van der Waals surface area (Å²) in [5.41, 5.74) is 4.69. The molecule has 1 aliphatic rings. The van der Waals surface area contributed by atoms with Gasteiger partial charge in [-0.05, 0) is 69.5 Å². The Bertz CT molecular complexity index is 712. The predicted octanol–water partition coefficient (Wildman–Crippen LogP) is 4.04. The van der Waals surface area contributed by atoms with Crippen LogP contribution < -0.4 is 5.32 Å². The fraction of sp³-hybridized carbons (Fsp3) is 0.500.